The molecule has 186 valence electrons. The normalized spacial score (nSPS) is 20.3. The molecular formula is C26H30N2O7. The summed E-state index contributed by atoms with van der Waals surface area (Å²) in [6.07, 6.45) is 0. The Kier molecular flexibility index (Phi) is 7.57. The molecule has 9 nitrogen and oxygen atoms in total. The van der Waals surface area contributed by atoms with Gasteiger partial charge in [0.25, 0.3) is 11.7 Å². The number of morpholine rings is 1. The van der Waals surface area contributed by atoms with Crippen molar-refractivity contribution in [3.63, 3.8) is 0 Å². The summed E-state index contributed by atoms with van der Waals surface area (Å²) in [5.41, 5.74) is 0.902. The predicted molar refractivity (Wildman–Crippen MR) is 129 cm³/mol. The van der Waals surface area contributed by atoms with Crippen LogP contribution in [0.4, 0.5) is 0 Å². The molecule has 35 heavy (non-hydrogen) atoms. The zero-order chi connectivity index (χ0) is 24.9. The van der Waals surface area contributed by atoms with Crippen LogP contribution < -0.4 is 9.47 Å². The number of ketones is 1. The standard InChI is InChI=1S/C26H30N2O7/c1-3-35-21-16-17(7-8-20(21)29)23-22(24(30)18-5-4-6-19(15-18)33-2)25(31)26(32)28(23)10-9-27-11-13-34-14-12-27/h4-8,15-16,23,29-30H,3,9-14H2,1-2H3/b24-22+. The molecule has 0 aliphatic carbocycles. The number of carbonyl (C=O) groups is 2. The van der Waals surface area contributed by atoms with E-state index in [1.54, 1.807) is 43.3 Å². The number of methoxy groups -OCH3 is 1. The predicted octanol–water partition coefficient (Wildman–Crippen LogP) is 2.55. The SMILES string of the molecule is CCOc1cc(C2/C(=C(\O)c3cccc(OC)c3)C(=O)C(=O)N2CCN2CCOCC2)ccc1O. The second-order valence-electron chi connectivity index (χ2n) is 8.34. The van der Waals surface area contributed by atoms with Crippen molar-refractivity contribution in [1.82, 2.24) is 9.80 Å². The lowest BCUT2D eigenvalue weighted by Gasteiger charge is -2.31. The highest BCUT2D eigenvalue weighted by atomic mass is 16.5. The van der Waals surface area contributed by atoms with Crippen molar-refractivity contribution < 1.29 is 34.0 Å². The summed E-state index contributed by atoms with van der Waals surface area (Å²) in [5.74, 6) is -1.02. The molecule has 2 N–H and O–H groups in total. The molecule has 1 amide bonds. The number of hydrogen-bond donors (Lipinski definition) is 2. The number of amides is 1. The number of ether oxygens (including phenoxy) is 3. The van der Waals surface area contributed by atoms with Gasteiger partial charge in [0.2, 0.25) is 0 Å². The molecule has 2 heterocycles. The van der Waals surface area contributed by atoms with Crippen LogP contribution in [0.1, 0.15) is 24.1 Å². The minimum atomic E-state index is -0.845. The number of phenolic OH excluding ortho intramolecular Hbond substituents is 1. The molecule has 0 radical (unpaired) electrons. The first kappa shape index (κ1) is 24.6. The Bertz CT molecular complexity index is 1120. The number of phenols is 1. The van der Waals surface area contributed by atoms with Gasteiger partial charge in [0.05, 0.1) is 38.5 Å². The van der Waals surface area contributed by atoms with E-state index < -0.39 is 17.7 Å². The number of aromatic hydroxyl groups is 1. The largest absolute Gasteiger partial charge is 0.507 e. The van der Waals surface area contributed by atoms with Gasteiger partial charge in [0, 0.05) is 31.7 Å². The van der Waals surface area contributed by atoms with Crippen LogP contribution >= 0.6 is 0 Å². The van der Waals surface area contributed by atoms with Crippen molar-refractivity contribution in [3.05, 3.63) is 59.2 Å². The summed E-state index contributed by atoms with van der Waals surface area (Å²) in [5, 5.41) is 21.4. The fourth-order valence-corrected chi connectivity index (χ4v) is 4.43. The van der Waals surface area contributed by atoms with Crippen molar-refractivity contribution >= 4 is 17.4 Å². The third kappa shape index (κ3) is 5.11. The molecule has 0 aromatic heterocycles. The lowest BCUT2D eigenvalue weighted by Crippen LogP contribution is -2.42. The van der Waals surface area contributed by atoms with Gasteiger partial charge in [-0.15, -0.1) is 0 Å². The topological polar surface area (TPSA) is 109 Å². The maximum absolute atomic E-state index is 13.2. The Labute approximate surface area is 204 Å². The van der Waals surface area contributed by atoms with E-state index in [4.69, 9.17) is 14.2 Å². The zero-order valence-electron chi connectivity index (χ0n) is 19.9. The minimum absolute atomic E-state index is 0.0154. The van der Waals surface area contributed by atoms with E-state index in [0.29, 0.717) is 43.2 Å². The number of benzene rings is 2. The number of rotatable bonds is 8. The summed E-state index contributed by atoms with van der Waals surface area (Å²) in [4.78, 5) is 30.1. The number of aliphatic hydroxyl groups is 1. The first-order valence-corrected chi connectivity index (χ1v) is 11.6. The van der Waals surface area contributed by atoms with E-state index in [0.717, 1.165) is 13.1 Å². The van der Waals surface area contributed by atoms with Gasteiger partial charge in [-0.1, -0.05) is 18.2 Å². The molecule has 9 heteroatoms. The first-order chi connectivity index (χ1) is 16.9. The Balaban J connectivity index is 1.78. The molecule has 1 unspecified atom stereocenters. The molecule has 2 aromatic carbocycles. The summed E-state index contributed by atoms with van der Waals surface area (Å²) < 4.78 is 16.2. The van der Waals surface area contributed by atoms with E-state index in [-0.39, 0.29) is 29.4 Å². The molecule has 0 spiro atoms. The minimum Gasteiger partial charge on any atom is -0.507 e. The number of aliphatic hydroxyl groups excluding tert-OH is 1. The Morgan fingerprint density at radius 2 is 1.89 bits per heavy atom. The Hall–Kier alpha value is -3.56. The molecular weight excluding hydrogens is 452 g/mol. The molecule has 2 saturated heterocycles. The third-order valence-corrected chi connectivity index (χ3v) is 6.24. The quantitative estimate of drug-likeness (QED) is 0.336. The average Bonchev–Trinajstić information content (AvgIpc) is 3.14. The number of carbonyl (C=O) groups excluding carboxylic acids is 2. The van der Waals surface area contributed by atoms with Gasteiger partial charge in [-0.05, 0) is 36.8 Å². The molecule has 2 fully saturated rings. The van der Waals surface area contributed by atoms with Crippen LogP contribution in [-0.2, 0) is 14.3 Å². The van der Waals surface area contributed by atoms with Gasteiger partial charge < -0.3 is 29.3 Å². The Morgan fingerprint density at radius 1 is 1.11 bits per heavy atom. The maximum atomic E-state index is 13.2. The molecule has 4 rings (SSSR count). The van der Waals surface area contributed by atoms with E-state index in [1.807, 2.05) is 0 Å². The van der Waals surface area contributed by atoms with Gasteiger partial charge in [0.1, 0.15) is 11.5 Å². The lowest BCUT2D eigenvalue weighted by atomic mass is 9.95. The summed E-state index contributed by atoms with van der Waals surface area (Å²) in [6, 6.07) is 10.5. The lowest BCUT2D eigenvalue weighted by molar-refractivity contribution is -0.140. The number of likely N-dealkylation sites (tertiary alicyclic amines) is 1. The van der Waals surface area contributed by atoms with Crippen molar-refractivity contribution in [2.24, 2.45) is 0 Å². The van der Waals surface area contributed by atoms with Crippen LogP contribution in [0.25, 0.3) is 5.76 Å². The van der Waals surface area contributed by atoms with Gasteiger partial charge >= 0.3 is 0 Å². The van der Waals surface area contributed by atoms with E-state index in [9.17, 15) is 19.8 Å². The third-order valence-electron chi connectivity index (χ3n) is 6.24. The number of Topliss-reactive ketones (excluding diaryl/α,β-unsaturated/α-hetero) is 1. The van der Waals surface area contributed by atoms with E-state index in [2.05, 4.69) is 4.90 Å². The Morgan fingerprint density at radius 3 is 2.60 bits per heavy atom. The number of nitrogens with zero attached hydrogens (tertiary/aromatic N) is 2. The van der Waals surface area contributed by atoms with Crippen molar-refractivity contribution in [3.8, 4) is 17.2 Å². The monoisotopic (exact) mass is 482 g/mol. The molecule has 0 bridgehead atoms. The van der Waals surface area contributed by atoms with Crippen LogP contribution in [0.3, 0.4) is 0 Å². The summed E-state index contributed by atoms with van der Waals surface area (Å²) in [7, 11) is 1.51. The van der Waals surface area contributed by atoms with Crippen molar-refractivity contribution in [2.45, 2.75) is 13.0 Å². The second-order valence-corrected chi connectivity index (χ2v) is 8.34. The van der Waals surface area contributed by atoms with Crippen LogP contribution in [0.5, 0.6) is 17.2 Å². The molecule has 1 atom stereocenters. The highest BCUT2D eigenvalue weighted by Crippen LogP contribution is 2.42. The van der Waals surface area contributed by atoms with Crippen molar-refractivity contribution in [1.29, 1.82) is 0 Å². The van der Waals surface area contributed by atoms with Gasteiger partial charge in [-0.3, -0.25) is 14.5 Å². The average molecular weight is 483 g/mol. The molecule has 2 aliphatic rings. The highest BCUT2D eigenvalue weighted by Gasteiger charge is 2.46. The maximum Gasteiger partial charge on any atom is 0.295 e. The smallest absolute Gasteiger partial charge is 0.295 e. The van der Waals surface area contributed by atoms with Gasteiger partial charge in [-0.25, -0.2) is 0 Å². The fraction of sp³-hybridized carbons (Fsp3) is 0.385. The number of hydrogen-bond acceptors (Lipinski definition) is 8. The summed E-state index contributed by atoms with van der Waals surface area (Å²) >= 11 is 0. The van der Waals surface area contributed by atoms with E-state index in [1.165, 1.54) is 18.1 Å². The first-order valence-electron chi connectivity index (χ1n) is 11.6. The fourth-order valence-electron chi connectivity index (χ4n) is 4.43. The second kappa shape index (κ2) is 10.8. The van der Waals surface area contributed by atoms with Crippen LogP contribution in [0.2, 0.25) is 0 Å². The van der Waals surface area contributed by atoms with Crippen LogP contribution in [0.15, 0.2) is 48.0 Å². The zero-order valence-corrected chi connectivity index (χ0v) is 19.9. The molecule has 2 aliphatic heterocycles. The molecule has 0 saturated carbocycles. The van der Waals surface area contributed by atoms with Crippen LogP contribution in [-0.4, -0.2) is 84.8 Å². The van der Waals surface area contributed by atoms with Gasteiger partial charge in [0.15, 0.2) is 11.5 Å². The highest BCUT2D eigenvalue weighted by molar-refractivity contribution is 6.46. The van der Waals surface area contributed by atoms with Gasteiger partial charge in [-0.2, -0.15) is 0 Å². The van der Waals surface area contributed by atoms with Crippen LogP contribution in [0, 0.1) is 0 Å². The van der Waals surface area contributed by atoms with Crippen molar-refractivity contribution in [2.75, 3.05) is 53.1 Å². The molecule has 2 aromatic rings. The summed E-state index contributed by atoms with van der Waals surface area (Å²) in [6.45, 7) is 5.69. The van der Waals surface area contributed by atoms with E-state index >= 15 is 0 Å².